The molecule has 0 aliphatic carbocycles. The number of rotatable bonds is 10. The van der Waals surface area contributed by atoms with E-state index in [1.165, 1.54) is 13.2 Å². The highest BCUT2D eigenvalue weighted by Gasteiger charge is 2.31. The summed E-state index contributed by atoms with van der Waals surface area (Å²) in [6.07, 6.45) is 2.44. The number of ketones is 1. The van der Waals surface area contributed by atoms with Gasteiger partial charge in [-0.1, -0.05) is 13.3 Å². The number of nitrogens with zero attached hydrogens (tertiary/aromatic N) is 1. The highest BCUT2D eigenvalue weighted by molar-refractivity contribution is 7.91. The third-order valence-electron chi connectivity index (χ3n) is 5.85. The zero-order chi connectivity index (χ0) is 24.2. The molecule has 1 atom stereocenters. The molecule has 8 nitrogen and oxygen atoms in total. The number of ether oxygens (including phenoxy) is 3. The van der Waals surface area contributed by atoms with Gasteiger partial charge in [0.15, 0.2) is 27.9 Å². The number of aryl methyl sites for hydroxylation is 1. The Balaban J connectivity index is 1.66. The maximum atomic E-state index is 12.8. The molecule has 1 unspecified atom stereocenters. The number of unbranched alkanes of at least 4 members (excludes halogenated alkanes) is 1. The smallest absolute Gasteiger partial charge is 0.338 e. The molecule has 1 aromatic carbocycles. The van der Waals surface area contributed by atoms with Crippen molar-refractivity contribution in [2.45, 2.75) is 46.1 Å². The molecule has 0 amide bonds. The summed E-state index contributed by atoms with van der Waals surface area (Å²) in [5.74, 6) is 0.211. The number of benzene rings is 1. The standard InChI is InChI=1S/C24H31NO7S/c1-5-6-10-31-22-8-7-18(13-23(22)30-4)24(27)32-14-21(26)20-12-16(2)25(17(20)3)19-9-11-33(28,29)15-19/h7-8,12-13,19H,5-6,9-11,14-15H2,1-4H3. The van der Waals surface area contributed by atoms with E-state index in [-0.39, 0.29) is 28.9 Å². The van der Waals surface area contributed by atoms with Crippen LogP contribution in [0.25, 0.3) is 0 Å². The van der Waals surface area contributed by atoms with Gasteiger partial charge in [-0.15, -0.1) is 0 Å². The van der Waals surface area contributed by atoms with Crippen molar-refractivity contribution in [1.29, 1.82) is 0 Å². The highest BCUT2D eigenvalue weighted by atomic mass is 32.2. The third-order valence-corrected chi connectivity index (χ3v) is 7.60. The van der Waals surface area contributed by atoms with Crippen LogP contribution in [0.4, 0.5) is 0 Å². The average molecular weight is 478 g/mol. The lowest BCUT2D eigenvalue weighted by Gasteiger charge is -2.16. The van der Waals surface area contributed by atoms with Crippen molar-refractivity contribution in [3.8, 4) is 11.5 Å². The molecule has 0 saturated carbocycles. The number of esters is 1. The van der Waals surface area contributed by atoms with Crippen molar-refractivity contribution in [1.82, 2.24) is 4.57 Å². The van der Waals surface area contributed by atoms with Gasteiger partial charge in [-0.25, -0.2) is 13.2 Å². The van der Waals surface area contributed by atoms with Crippen LogP contribution >= 0.6 is 0 Å². The van der Waals surface area contributed by atoms with E-state index < -0.39 is 22.4 Å². The van der Waals surface area contributed by atoms with Crippen molar-refractivity contribution in [3.63, 3.8) is 0 Å². The molecule has 2 heterocycles. The van der Waals surface area contributed by atoms with E-state index in [0.29, 0.717) is 35.8 Å². The Kier molecular flexibility index (Phi) is 7.84. The molecule has 33 heavy (non-hydrogen) atoms. The minimum absolute atomic E-state index is 0.0754. The molecule has 1 aliphatic rings. The monoisotopic (exact) mass is 477 g/mol. The Morgan fingerprint density at radius 2 is 1.91 bits per heavy atom. The summed E-state index contributed by atoms with van der Waals surface area (Å²) < 4.78 is 41.9. The molecule has 0 bridgehead atoms. The number of methoxy groups -OCH3 is 1. The topological polar surface area (TPSA) is 101 Å². The molecule has 2 aromatic rings. The van der Waals surface area contributed by atoms with Gasteiger partial charge < -0.3 is 18.8 Å². The molecule has 9 heteroatoms. The first-order chi connectivity index (χ1) is 15.7. The van der Waals surface area contributed by atoms with Gasteiger partial charge in [-0.3, -0.25) is 4.79 Å². The van der Waals surface area contributed by atoms with Crippen molar-refractivity contribution in [3.05, 3.63) is 46.8 Å². The number of hydrogen-bond donors (Lipinski definition) is 0. The Hall–Kier alpha value is -2.81. The van der Waals surface area contributed by atoms with E-state index in [0.717, 1.165) is 18.5 Å². The van der Waals surface area contributed by atoms with Gasteiger partial charge in [0.1, 0.15) is 0 Å². The molecule has 1 aromatic heterocycles. The van der Waals surface area contributed by atoms with Crippen LogP contribution in [0.3, 0.4) is 0 Å². The summed E-state index contributed by atoms with van der Waals surface area (Å²) in [4.78, 5) is 25.3. The summed E-state index contributed by atoms with van der Waals surface area (Å²) in [5.41, 5.74) is 2.18. The van der Waals surface area contributed by atoms with Gasteiger partial charge in [0, 0.05) is 23.0 Å². The first-order valence-corrected chi connectivity index (χ1v) is 12.9. The van der Waals surface area contributed by atoms with Crippen LogP contribution in [-0.4, -0.2) is 56.6 Å². The third kappa shape index (κ3) is 5.76. The number of carbonyl (C=O) groups excluding carboxylic acids is 2. The number of hydrogen-bond acceptors (Lipinski definition) is 7. The molecule has 0 radical (unpaired) electrons. The molecule has 0 spiro atoms. The van der Waals surface area contributed by atoms with Gasteiger partial charge in [-0.05, 0) is 51.0 Å². The summed E-state index contributed by atoms with van der Waals surface area (Å²) in [6.45, 7) is 5.84. The maximum absolute atomic E-state index is 12.8. The molecule has 1 fully saturated rings. The zero-order valence-electron chi connectivity index (χ0n) is 19.5. The molecule has 1 saturated heterocycles. The fraction of sp³-hybridized carbons (Fsp3) is 0.500. The van der Waals surface area contributed by atoms with Crippen LogP contribution in [0.1, 0.15) is 64.3 Å². The molecule has 1 aliphatic heterocycles. The van der Waals surface area contributed by atoms with Gasteiger partial charge in [0.2, 0.25) is 5.78 Å². The summed E-state index contributed by atoms with van der Waals surface area (Å²) >= 11 is 0. The zero-order valence-corrected chi connectivity index (χ0v) is 20.4. The predicted octanol–water partition coefficient (Wildman–Crippen LogP) is 3.69. The lowest BCUT2D eigenvalue weighted by atomic mass is 10.1. The van der Waals surface area contributed by atoms with Gasteiger partial charge >= 0.3 is 5.97 Å². The number of sulfone groups is 1. The van der Waals surface area contributed by atoms with Crippen molar-refractivity contribution in [2.75, 3.05) is 31.8 Å². The number of aromatic nitrogens is 1. The minimum atomic E-state index is -3.05. The largest absolute Gasteiger partial charge is 0.493 e. The van der Waals surface area contributed by atoms with Gasteiger partial charge in [-0.2, -0.15) is 0 Å². The first kappa shape index (κ1) is 24.8. The molecular formula is C24H31NO7S. The summed E-state index contributed by atoms with van der Waals surface area (Å²) in [7, 11) is -1.56. The normalized spacial score (nSPS) is 17.0. The van der Waals surface area contributed by atoms with Crippen molar-refractivity contribution in [2.24, 2.45) is 0 Å². The lowest BCUT2D eigenvalue weighted by molar-refractivity contribution is 0.0474. The molecular weight excluding hydrogens is 446 g/mol. The average Bonchev–Trinajstić information content (AvgIpc) is 3.29. The highest BCUT2D eigenvalue weighted by Crippen LogP contribution is 2.30. The quantitative estimate of drug-likeness (QED) is 0.292. The Labute approximate surface area is 194 Å². The van der Waals surface area contributed by atoms with Crippen LogP contribution in [0.2, 0.25) is 0 Å². The summed E-state index contributed by atoms with van der Waals surface area (Å²) in [5, 5.41) is 0. The van der Waals surface area contributed by atoms with Crippen LogP contribution in [0.15, 0.2) is 24.3 Å². The van der Waals surface area contributed by atoms with Crippen molar-refractivity contribution >= 4 is 21.6 Å². The van der Waals surface area contributed by atoms with Crippen LogP contribution in [0, 0.1) is 13.8 Å². The van der Waals surface area contributed by atoms with E-state index in [4.69, 9.17) is 14.2 Å². The molecule has 0 N–H and O–H groups in total. The first-order valence-electron chi connectivity index (χ1n) is 11.1. The maximum Gasteiger partial charge on any atom is 0.338 e. The SMILES string of the molecule is CCCCOc1ccc(C(=O)OCC(=O)c2cc(C)n(C3CCS(=O)(=O)C3)c2C)cc1OC. The minimum Gasteiger partial charge on any atom is -0.493 e. The second-order valence-corrected chi connectivity index (χ2v) is 10.5. The number of carbonyl (C=O) groups is 2. The van der Waals surface area contributed by atoms with E-state index in [1.54, 1.807) is 25.1 Å². The predicted molar refractivity (Wildman–Crippen MR) is 124 cm³/mol. The van der Waals surface area contributed by atoms with Crippen molar-refractivity contribution < 1.29 is 32.2 Å². The number of Topliss-reactive ketones (excluding diaryl/α,β-unsaturated/α-hetero) is 1. The van der Waals surface area contributed by atoms with Gasteiger partial charge in [0.25, 0.3) is 0 Å². The molecule has 180 valence electrons. The van der Waals surface area contributed by atoms with E-state index in [9.17, 15) is 18.0 Å². The van der Waals surface area contributed by atoms with Crippen LogP contribution in [-0.2, 0) is 14.6 Å². The van der Waals surface area contributed by atoms with E-state index >= 15 is 0 Å². The van der Waals surface area contributed by atoms with Crippen LogP contribution in [0.5, 0.6) is 11.5 Å². The van der Waals surface area contributed by atoms with E-state index in [2.05, 4.69) is 6.92 Å². The summed E-state index contributed by atoms with van der Waals surface area (Å²) in [6, 6.07) is 6.30. The Morgan fingerprint density at radius 1 is 1.15 bits per heavy atom. The fourth-order valence-electron chi connectivity index (χ4n) is 4.13. The second kappa shape index (κ2) is 10.4. The lowest BCUT2D eigenvalue weighted by Crippen LogP contribution is -2.17. The Morgan fingerprint density at radius 3 is 2.55 bits per heavy atom. The van der Waals surface area contributed by atoms with E-state index in [1.807, 2.05) is 11.5 Å². The Bertz CT molecular complexity index is 1130. The fourth-order valence-corrected chi connectivity index (χ4v) is 5.83. The molecule has 3 rings (SSSR count). The van der Waals surface area contributed by atoms with Gasteiger partial charge in [0.05, 0.1) is 30.8 Å². The second-order valence-electron chi connectivity index (χ2n) is 8.28. The van der Waals surface area contributed by atoms with Crippen LogP contribution < -0.4 is 9.47 Å².